The summed E-state index contributed by atoms with van der Waals surface area (Å²) in [5.74, 6) is 0.0288. The van der Waals surface area contributed by atoms with Crippen molar-refractivity contribution in [3.63, 3.8) is 0 Å². The summed E-state index contributed by atoms with van der Waals surface area (Å²) >= 11 is 0. The highest BCUT2D eigenvalue weighted by molar-refractivity contribution is 5.91. The van der Waals surface area contributed by atoms with E-state index in [1.54, 1.807) is 114 Å². The van der Waals surface area contributed by atoms with E-state index in [0.717, 1.165) is 33.4 Å². The van der Waals surface area contributed by atoms with Gasteiger partial charge in [0, 0.05) is 33.4 Å². The Morgan fingerprint density at radius 2 is 0.260 bits per heavy atom. The van der Waals surface area contributed by atoms with Crippen LogP contribution in [-0.2, 0) is 28.8 Å². The second-order valence-electron chi connectivity index (χ2n) is 16.2. The van der Waals surface area contributed by atoms with E-state index >= 15 is 0 Å². The minimum Gasteiger partial charge on any atom is -0.423 e. The molecule has 24 heteroatoms. The lowest BCUT2D eigenvalue weighted by atomic mass is 10.1. The van der Waals surface area contributed by atoms with Crippen LogP contribution in [0.3, 0.4) is 0 Å². The molecule has 0 saturated carbocycles. The first-order valence-electron chi connectivity index (χ1n) is 26.5. The number of alkyl halides is 12. The second-order valence-corrected chi connectivity index (χ2v) is 16.2. The maximum absolute atomic E-state index is 11.5. The standard InChI is InChI=1S/3C20H18O4.12CH3F/c3*1-13(2)19(21)23-17-9-5-15(6-10-17)16-7-11-18(12-8-16)24-20(22)14(3)4;12*1-2/h3*5-12H,1,3H2,2,4H3;12*1H3. The van der Waals surface area contributed by atoms with Crippen molar-refractivity contribution in [1.82, 2.24) is 0 Å². The number of carbonyl (C=O) groups is 6. The number of ether oxygens (including phenoxy) is 6. The van der Waals surface area contributed by atoms with E-state index in [9.17, 15) is 81.5 Å². The molecule has 0 fully saturated rings. The first-order valence-corrected chi connectivity index (χ1v) is 26.5. The Morgan fingerprint density at radius 1 is 0.188 bits per heavy atom. The molecule has 0 amide bonds. The minimum atomic E-state index is -0.452. The van der Waals surface area contributed by atoms with Crippen LogP contribution in [0.1, 0.15) is 41.5 Å². The Labute approximate surface area is 557 Å². The van der Waals surface area contributed by atoms with Crippen LogP contribution in [0.2, 0.25) is 0 Å². The van der Waals surface area contributed by atoms with E-state index in [0.29, 0.717) is 154 Å². The topological polar surface area (TPSA) is 158 Å². The Kier molecular flexibility index (Phi) is 76.9. The summed E-state index contributed by atoms with van der Waals surface area (Å²) in [6, 6.07) is 42.7. The number of benzene rings is 6. The van der Waals surface area contributed by atoms with Crippen molar-refractivity contribution >= 4 is 35.8 Å². The van der Waals surface area contributed by atoms with Crippen molar-refractivity contribution < 1.29 is 110 Å². The zero-order valence-electron chi connectivity index (χ0n) is 57.5. The van der Waals surface area contributed by atoms with E-state index < -0.39 is 35.8 Å². The molecule has 0 N–H and O–H groups in total. The fourth-order valence-corrected chi connectivity index (χ4v) is 5.46. The Hall–Kier alpha value is -10.3. The van der Waals surface area contributed by atoms with Gasteiger partial charge in [0.2, 0.25) is 0 Å². The highest BCUT2D eigenvalue weighted by atomic mass is 19.2. The van der Waals surface area contributed by atoms with Crippen molar-refractivity contribution in [2.24, 2.45) is 0 Å². The summed E-state index contributed by atoms with van der Waals surface area (Å²) in [4.78, 5) is 68.8. The Bertz CT molecular complexity index is 2530. The Balaban J connectivity index is -0.000000145. The molecule has 0 aliphatic rings. The van der Waals surface area contributed by atoms with Gasteiger partial charge in [0.25, 0.3) is 0 Å². The fourth-order valence-electron chi connectivity index (χ4n) is 5.46. The third-order valence-electron chi connectivity index (χ3n) is 9.48. The van der Waals surface area contributed by atoms with Crippen LogP contribution in [0.5, 0.6) is 34.5 Å². The SMILES string of the molecule is C=C(C)C(=O)Oc1ccc(-c2ccc(OC(=O)C(=C)C)cc2)cc1.C=C(C)C(=O)Oc1ccc(-c2ccc(OC(=O)C(=C)C)cc2)cc1.C=C(C)C(=O)Oc1ccc(-c2ccc(OC(=O)C(=C)C)cc2)cc1.CF.CF.CF.CF.CF.CF.CF.CF.CF.CF.CF.CF. The lowest BCUT2D eigenvalue weighted by Gasteiger charge is -2.07. The summed E-state index contributed by atoms with van der Waals surface area (Å²) in [5.41, 5.74) is 7.76. The number of carbonyl (C=O) groups excluding carboxylic acids is 6. The van der Waals surface area contributed by atoms with Gasteiger partial charge in [-0.3, -0.25) is 52.7 Å². The van der Waals surface area contributed by atoms with E-state index in [1.165, 1.54) is 0 Å². The van der Waals surface area contributed by atoms with Crippen LogP contribution in [-0.4, -0.2) is 122 Å². The van der Waals surface area contributed by atoms with Crippen LogP contribution in [0, 0.1) is 0 Å². The maximum atomic E-state index is 11.5. The molecular formula is C72H90F12O12. The van der Waals surface area contributed by atoms with Gasteiger partial charge in [-0.15, -0.1) is 0 Å². The molecule has 0 atom stereocenters. The van der Waals surface area contributed by atoms with E-state index in [1.807, 2.05) is 72.8 Å². The molecule has 0 bridgehead atoms. The largest absolute Gasteiger partial charge is 0.423 e. The molecule has 0 spiro atoms. The summed E-state index contributed by atoms with van der Waals surface area (Å²) in [6.45, 7) is 30.8. The van der Waals surface area contributed by atoms with Gasteiger partial charge in [0.1, 0.15) is 34.5 Å². The normalized spacial score (nSPS) is 8.19. The second kappa shape index (κ2) is 70.6. The number of halogens is 12. The summed E-state index contributed by atoms with van der Waals surface area (Å²) < 4.78 is 145. The predicted molar refractivity (Wildman–Crippen MR) is 363 cm³/mol. The van der Waals surface area contributed by atoms with Gasteiger partial charge in [-0.2, -0.15) is 0 Å². The zero-order chi connectivity index (χ0) is 77.1. The molecule has 0 radical (unpaired) electrons. The number of esters is 6. The van der Waals surface area contributed by atoms with Crippen molar-refractivity contribution in [3.05, 3.63) is 219 Å². The monoisotopic (exact) mass is 1370 g/mol. The van der Waals surface area contributed by atoms with Gasteiger partial charge in [0.05, 0.1) is 86.1 Å². The minimum absolute atomic E-state index is 0.346. The molecule has 0 aliphatic heterocycles. The zero-order valence-corrected chi connectivity index (χ0v) is 57.5. The molecule has 96 heavy (non-hydrogen) atoms. The number of hydrogen-bond acceptors (Lipinski definition) is 12. The summed E-state index contributed by atoms with van der Waals surface area (Å²) in [6.07, 6.45) is 0. The summed E-state index contributed by atoms with van der Waals surface area (Å²) in [7, 11) is 6.00. The quantitative estimate of drug-likeness (QED) is 0.0415. The molecule has 0 aliphatic carbocycles. The lowest BCUT2D eigenvalue weighted by Crippen LogP contribution is -2.08. The molecule has 6 aromatic carbocycles. The van der Waals surface area contributed by atoms with Crippen LogP contribution in [0.4, 0.5) is 52.7 Å². The average molecular weight is 1380 g/mol. The van der Waals surface area contributed by atoms with Gasteiger partial charge in [-0.1, -0.05) is 112 Å². The lowest BCUT2D eigenvalue weighted by molar-refractivity contribution is -0.130. The Morgan fingerprint density at radius 3 is 0.323 bits per heavy atom. The molecule has 6 rings (SSSR count). The third-order valence-corrected chi connectivity index (χ3v) is 9.48. The molecule has 0 unspecified atom stereocenters. The number of hydrogen-bond donors (Lipinski definition) is 0. The predicted octanol–water partition coefficient (Wildman–Crippen LogP) is 20.0. The molecule has 0 aromatic heterocycles. The molecule has 6 aromatic rings. The molecule has 0 saturated heterocycles. The van der Waals surface area contributed by atoms with Gasteiger partial charge in [-0.05, 0) is 148 Å². The van der Waals surface area contributed by atoms with Crippen LogP contribution in [0.25, 0.3) is 33.4 Å². The molecular weight excluding hydrogens is 1280 g/mol. The van der Waals surface area contributed by atoms with Crippen molar-refractivity contribution in [1.29, 1.82) is 0 Å². The van der Waals surface area contributed by atoms with E-state index in [2.05, 4.69) is 39.5 Å². The van der Waals surface area contributed by atoms with Gasteiger partial charge >= 0.3 is 35.8 Å². The first kappa shape index (κ1) is 105. The van der Waals surface area contributed by atoms with Crippen molar-refractivity contribution in [3.8, 4) is 67.9 Å². The van der Waals surface area contributed by atoms with Crippen LogP contribution in [0.15, 0.2) is 219 Å². The average Bonchev–Trinajstić information content (AvgIpc) is 1.09. The van der Waals surface area contributed by atoms with E-state index in [4.69, 9.17) is 28.4 Å². The molecule has 12 nitrogen and oxygen atoms in total. The summed E-state index contributed by atoms with van der Waals surface area (Å²) in [5, 5.41) is 0. The maximum Gasteiger partial charge on any atom is 0.338 e. The van der Waals surface area contributed by atoms with Crippen LogP contribution >= 0.6 is 0 Å². The van der Waals surface area contributed by atoms with Crippen molar-refractivity contribution in [2.75, 3.05) is 86.1 Å². The highest BCUT2D eigenvalue weighted by Crippen LogP contribution is 2.28. The smallest absolute Gasteiger partial charge is 0.338 e. The fraction of sp³-hybridized carbons (Fsp3) is 0.250. The first-order chi connectivity index (χ1) is 46.1. The third kappa shape index (κ3) is 47.6. The van der Waals surface area contributed by atoms with E-state index in [-0.39, 0.29) is 0 Å². The van der Waals surface area contributed by atoms with Crippen molar-refractivity contribution in [2.45, 2.75) is 41.5 Å². The highest BCUT2D eigenvalue weighted by Gasteiger charge is 2.11. The number of rotatable bonds is 15. The molecule has 0 heterocycles. The molecule has 534 valence electrons. The van der Waals surface area contributed by atoms with Crippen LogP contribution < -0.4 is 28.4 Å². The van der Waals surface area contributed by atoms with Gasteiger partial charge in [0.15, 0.2) is 0 Å². The van der Waals surface area contributed by atoms with Gasteiger partial charge in [-0.25, -0.2) is 28.8 Å². The van der Waals surface area contributed by atoms with Gasteiger partial charge < -0.3 is 28.4 Å².